The quantitative estimate of drug-likeness (QED) is 0.278. The third kappa shape index (κ3) is 6.20. The zero-order chi connectivity index (χ0) is 25.1. The van der Waals surface area contributed by atoms with Crippen molar-refractivity contribution in [2.45, 2.75) is 62.7 Å². The van der Waals surface area contributed by atoms with E-state index in [4.69, 9.17) is 19.0 Å². The second-order valence-electron chi connectivity index (χ2n) is 8.41. The van der Waals surface area contributed by atoms with Gasteiger partial charge in [-0.15, -0.1) is 0 Å². The Morgan fingerprint density at radius 1 is 1.11 bits per heavy atom. The van der Waals surface area contributed by atoms with Crippen LogP contribution in [0.3, 0.4) is 0 Å². The Hall–Kier alpha value is -1.63. The maximum Gasteiger partial charge on any atom is 0.337 e. The summed E-state index contributed by atoms with van der Waals surface area (Å²) >= 11 is 0. The third-order valence-electron chi connectivity index (χ3n) is 6.19. The molecule has 5 unspecified atom stereocenters. The topological polar surface area (TPSA) is 186 Å². The second-order valence-corrected chi connectivity index (χ2v) is 10.3. The van der Waals surface area contributed by atoms with E-state index >= 15 is 0 Å². The summed E-state index contributed by atoms with van der Waals surface area (Å²) in [4.78, 5) is 56.9. The molecule has 2 aromatic rings. The first-order chi connectivity index (χ1) is 16.7. The van der Waals surface area contributed by atoms with Gasteiger partial charge in [-0.2, -0.15) is 0 Å². The van der Waals surface area contributed by atoms with E-state index < -0.39 is 59.6 Å². The van der Waals surface area contributed by atoms with Crippen LogP contribution in [0.15, 0.2) is 40.2 Å². The molecule has 0 radical (unpaired) electrons. The molecule has 4 rings (SSSR count). The van der Waals surface area contributed by atoms with Crippen molar-refractivity contribution in [3.8, 4) is 0 Å². The van der Waals surface area contributed by atoms with E-state index in [9.17, 15) is 24.7 Å². The Morgan fingerprint density at radius 2 is 1.86 bits per heavy atom. The Labute approximate surface area is 202 Å². The van der Waals surface area contributed by atoms with Gasteiger partial charge in [0.15, 0.2) is 6.23 Å². The highest BCUT2D eigenvalue weighted by Gasteiger charge is 2.44. The van der Waals surface area contributed by atoms with Crippen molar-refractivity contribution in [2.75, 3.05) is 6.61 Å². The van der Waals surface area contributed by atoms with Gasteiger partial charge in [-0.05, 0) is 36.5 Å². The SMILES string of the molecule is O=c1ccn(C2OC(COP(O)OP(O)O)C(O)C2O)c(=O)n1Cc1cc(C2CCCC2)ccn1. The van der Waals surface area contributed by atoms with Crippen molar-refractivity contribution in [3.05, 3.63) is 62.7 Å². The van der Waals surface area contributed by atoms with E-state index in [1.54, 1.807) is 6.20 Å². The summed E-state index contributed by atoms with van der Waals surface area (Å²) in [5.41, 5.74) is 0.358. The molecule has 192 valence electrons. The van der Waals surface area contributed by atoms with Crippen LogP contribution in [0.5, 0.6) is 0 Å². The lowest BCUT2D eigenvalue weighted by Gasteiger charge is -2.19. The molecule has 1 saturated heterocycles. The zero-order valence-electron chi connectivity index (χ0n) is 18.5. The van der Waals surface area contributed by atoms with Gasteiger partial charge in [0.1, 0.15) is 18.3 Å². The molecule has 2 aromatic heterocycles. The molecule has 35 heavy (non-hydrogen) atoms. The van der Waals surface area contributed by atoms with E-state index in [2.05, 4.69) is 9.29 Å². The van der Waals surface area contributed by atoms with E-state index in [1.165, 1.54) is 19.0 Å². The molecular weight excluding hydrogens is 504 g/mol. The Kier molecular flexibility index (Phi) is 8.77. The molecule has 13 nitrogen and oxygen atoms in total. The van der Waals surface area contributed by atoms with Gasteiger partial charge in [0, 0.05) is 18.5 Å². The maximum atomic E-state index is 13.2. The molecule has 15 heteroatoms. The minimum Gasteiger partial charge on any atom is -0.387 e. The fraction of sp³-hybridized carbons (Fsp3) is 0.550. The monoisotopic (exact) mass is 531 g/mol. The van der Waals surface area contributed by atoms with Crippen molar-refractivity contribution >= 4 is 17.2 Å². The zero-order valence-corrected chi connectivity index (χ0v) is 20.3. The summed E-state index contributed by atoms with van der Waals surface area (Å²) in [6.07, 6.45) is 1.81. The number of hydrogen-bond donors (Lipinski definition) is 5. The molecule has 3 heterocycles. The van der Waals surface area contributed by atoms with Crippen LogP contribution in [0.4, 0.5) is 0 Å². The lowest BCUT2D eigenvalue weighted by molar-refractivity contribution is -0.0530. The Bertz CT molecular complexity index is 1120. The number of nitrogens with zero attached hydrogens (tertiary/aromatic N) is 3. The molecule has 1 aliphatic heterocycles. The van der Waals surface area contributed by atoms with Crippen LogP contribution in [0.2, 0.25) is 0 Å². The molecule has 2 aliphatic rings. The summed E-state index contributed by atoms with van der Waals surface area (Å²) in [5, 5.41) is 20.8. The van der Waals surface area contributed by atoms with E-state index in [1.807, 2.05) is 12.1 Å². The van der Waals surface area contributed by atoms with E-state index in [0.29, 0.717) is 11.6 Å². The minimum absolute atomic E-state index is 0.0750. The van der Waals surface area contributed by atoms with Crippen molar-refractivity contribution in [3.63, 3.8) is 0 Å². The van der Waals surface area contributed by atoms with Gasteiger partial charge in [0.2, 0.25) is 0 Å². The van der Waals surface area contributed by atoms with Crippen molar-refractivity contribution in [2.24, 2.45) is 0 Å². The highest BCUT2D eigenvalue weighted by molar-refractivity contribution is 7.54. The van der Waals surface area contributed by atoms with Crippen LogP contribution in [-0.2, 0) is 20.1 Å². The van der Waals surface area contributed by atoms with Crippen LogP contribution in [0.25, 0.3) is 0 Å². The predicted octanol–water partition coefficient (Wildman–Crippen LogP) is 0.194. The maximum absolute atomic E-state index is 13.2. The van der Waals surface area contributed by atoms with Crippen molar-refractivity contribution in [1.82, 2.24) is 14.1 Å². The molecule has 0 amide bonds. The van der Waals surface area contributed by atoms with Gasteiger partial charge in [0.05, 0.1) is 18.8 Å². The van der Waals surface area contributed by atoms with Crippen LogP contribution in [0.1, 0.15) is 49.1 Å². The molecular formula is C20H27N3O10P2. The summed E-state index contributed by atoms with van der Waals surface area (Å²) in [6, 6.07) is 5.00. The summed E-state index contributed by atoms with van der Waals surface area (Å²) in [7, 11) is -5.50. The van der Waals surface area contributed by atoms with Crippen LogP contribution >= 0.6 is 17.2 Å². The van der Waals surface area contributed by atoms with Gasteiger partial charge in [-0.1, -0.05) is 12.8 Å². The first kappa shape index (κ1) is 26.4. The largest absolute Gasteiger partial charge is 0.387 e. The Morgan fingerprint density at radius 3 is 2.57 bits per heavy atom. The third-order valence-corrected chi connectivity index (χ3v) is 7.70. The lowest BCUT2D eigenvalue weighted by atomic mass is 9.98. The minimum atomic E-state index is -2.85. The van der Waals surface area contributed by atoms with E-state index in [0.717, 1.165) is 33.6 Å². The van der Waals surface area contributed by atoms with Gasteiger partial charge < -0.3 is 34.2 Å². The standard InChI is InChI=1S/C20H27N3O10P2/c24-16-6-8-22(19-18(26)17(25)15(32-19)11-31-35(30)33-34(28)29)20(27)23(16)10-14-9-13(5-7-21-14)12-3-1-2-4-12/h5-9,12,15,17-19,25-26,28-30H,1-4,10-11H2. The fourth-order valence-electron chi connectivity index (χ4n) is 4.45. The van der Waals surface area contributed by atoms with Gasteiger partial charge in [-0.3, -0.25) is 18.9 Å². The highest BCUT2D eigenvalue weighted by Crippen LogP contribution is 2.46. The van der Waals surface area contributed by atoms with Crippen LogP contribution < -0.4 is 11.2 Å². The molecule has 5 atom stereocenters. The van der Waals surface area contributed by atoms with Gasteiger partial charge >= 0.3 is 22.9 Å². The van der Waals surface area contributed by atoms with Gasteiger partial charge in [-0.25, -0.2) is 9.11 Å². The molecule has 0 bridgehead atoms. The van der Waals surface area contributed by atoms with Crippen LogP contribution in [0, 0.1) is 0 Å². The lowest BCUT2D eigenvalue weighted by Crippen LogP contribution is -2.43. The number of aliphatic hydroxyl groups is 2. The molecule has 5 N–H and O–H groups in total. The molecule has 1 saturated carbocycles. The molecule has 2 fully saturated rings. The average molecular weight is 531 g/mol. The average Bonchev–Trinajstić information content (AvgIpc) is 3.45. The first-order valence-corrected chi connectivity index (χ1v) is 13.3. The molecule has 1 aliphatic carbocycles. The number of ether oxygens (including phenoxy) is 1. The first-order valence-electron chi connectivity index (χ1n) is 11.0. The normalized spacial score (nSPS) is 26.0. The highest BCUT2D eigenvalue weighted by atomic mass is 31.2. The Balaban J connectivity index is 1.51. The van der Waals surface area contributed by atoms with Crippen LogP contribution in [-0.4, -0.2) is 63.9 Å². The number of pyridine rings is 1. The van der Waals surface area contributed by atoms with E-state index in [-0.39, 0.29) is 6.54 Å². The second kappa shape index (κ2) is 11.6. The predicted molar refractivity (Wildman–Crippen MR) is 123 cm³/mol. The fourth-order valence-corrected chi connectivity index (χ4v) is 5.41. The molecule has 0 aromatic carbocycles. The number of hydrogen-bond acceptors (Lipinski definition) is 11. The van der Waals surface area contributed by atoms with Crippen molar-refractivity contribution in [1.29, 1.82) is 0 Å². The smallest absolute Gasteiger partial charge is 0.337 e. The summed E-state index contributed by atoms with van der Waals surface area (Å²) < 4.78 is 16.7. The molecule has 0 spiro atoms. The number of aliphatic hydroxyl groups excluding tert-OH is 2. The van der Waals surface area contributed by atoms with Crippen molar-refractivity contribution < 1.29 is 38.5 Å². The summed E-state index contributed by atoms with van der Waals surface area (Å²) in [6.45, 7) is -0.541. The number of aromatic nitrogens is 3. The number of rotatable bonds is 9. The summed E-state index contributed by atoms with van der Waals surface area (Å²) in [5.74, 6) is 0.440. The van der Waals surface area contributed by atoms with Gasteiger partial charge in [0.25, 0.3) is 5.56 Å².